The lowest BCUT2D eigenvalue weighted by Gasteiger charge is -2.39. The van der Waals surface area contributed by atoms with E-state index in [1.807, 2.05) is 16.7 Å². The number of carbonyl (C=O) groups is 1. The smallest absolute Gasteiger partial charge is 0.317 e. The highest BCUT2D eigenvalue weighted by Gasteiger charge is 2.30. The normalized spacial score (nSPS) is 32.3. The number of nitrogens with one attached hydrogen (secondary N) is 1. The summed E-state index contributed by atoms with van der Waals surface area (Å²) < 4.78 is 0. The summed E-state index contributed by atoms with van der Waals surface area (Å²) in [6, 6.07) is 0.970. The van der Waals surface area contributed by atoms with E-state index in [2.05, 4.69) is 19.2 Å². The quantitative estimate of drug-likeness (QED) is 0.745. The number of amides is 2. The van der Waals surface area contributed by atoms with E-state index in [0.29, 0.717) is 17.3 Å². The average molecular weight is 228 g/mol. The van der Waals surface area contributed by atoms with Crippen LogP contribution in [-0.2, 0) is 0 Å². The second kappa shape index (κ2) is 4.64. The molecule has 4 heteroatoms. The van der Waals surface area contributed by atoms with Gasteiger partial charge in [0.15, 0.2) is 0 Å². The van der Waals surface area contributed by atoms with Crippen molar-refractivity contribution in [3.8, 4) is 0 Å². The fourth-order valence-electron chi connectivity index (χ4n) is 2.03. The Balaban J connectivity index is 1.87. The molecule has 1 N–H and O–H groups in total. The number of thioether (sulfide) groups is 1. The van der Waals surface area contributed by atoms with Gasteiger partial charge in [0.1, 0.15) is 0 Å². The van der Waals surface area contributed by atoms with Crippen LogP contribution in [0.3, 0.4) is 0 Å². The summed E-state index contributed by atoms with van der Waals surface area (Å²) in [5.74, 6) is 1.07. The second-order valence-electron chi connectivity index (χ2n) is 4.59. The molecular formula is C11H20N2OS. The zero-order valence-corrected chi connectivity index (χ0v) is 10.3. The van der Waals surface area contributed by atoms with E-state index in [9.17, 15) is 4.79 Å². The standard InChI is InChI=1S/C11H20N2OS/c1-8-9(2)15-7-6-13(8)11(14)12-10-4-3-5-10/h8-10H,3-7H2,1-2H3,(H,12,14). The van der Waals surface area contributed by atoms with Crippen LogP contribution >= 0.6 is 11.8 Å². The summed E-state index contributed by atoms with van der Waals surface area (Å²) in [7, 11) is 0. The topological polar surface area (TPSA) is 32.3 Å². The molecule has 0 aromatic carbocycles. The lowest BCUT2D eigenvalue weighted by molar-refractivity contribution is 0.170. The van der Waals surface area contributed by atoms with Gasteiger partial charge < -0.3 is 10.2 Å². The van der Waals surface area contributed by atoms with Crippen molar-refractivity contribution in [3.63, 3.8) is 0 Å². The van der Waals surface area contributed by atoms with Crippen LogP contribution in [0.15, 0.2) is 0 Å². The minimum atomic E-state index is 0.152. The largest absolute Gasteiger partial charge is 0.335 e. The summed E-state index contributed by atoms with van der Waals surface area (Å²) in [6.45, 7) is 5.25. The molecule has 1 aliphatic carbocycles. The van der Waals surface area contributed by atoms with Crippen molar-refractivity contribution in [1.82, 2.24) is 10.2 Å². The van der Waals surface area contributed by atoms with Gasteiger partial charge in [-0.25, -0.2) is 4.79 Å². The van der Waals surface area contributed by atoms with Crippen molar-refractivity contribution in [2.45, 2.75) is 50.4 Å². The minimum Gasteiger partial charge on any atom is -0.335 e. The summed E-state index contributed by atoms with van der Waals surface area (Å²) >= 11 is 1.96. The van der Waals surface area contributed by atoms with Crippen molar-refractivity contribution in [1.29, 1.82) is 0 Å². The third kappa shape index (κ3) is 2.41. The Morgan fingerprint density at radius 2 is 2.13 bits per heavy atom. The first-order valence-electron chi connectivity index (χ1n) is 5.87. The highest BCUT2D eigenvalue weighted by Crippen LogP contribution is 2.25. The zero-order valence-electron chi connectivity index (χ0n) is 9.53. The van der Waals surface area contributed by atoms with E-state index in [0.717, 1.165) is 25.1 Å². The SMILES string of the molecule is CC1SCCN(C(=O)NC2CCC2)C1C. The van der Waals surface area contributed by atoms with Crippen LogP contribution in [0.25, 0.3) is 0 Å². The van der Waals surface area contributed by atoms with Crippen LogP contribution in [0.2, 0.25) is 0 Å². The first kappa shape index (κ1) is 11.1. The molecule has 0 aromatic heterocycles. The molecule has 1 saturated heterocycles. The van der Waals surface area contributed by atoms with Gasteiger partial charge in [0, 0.05) is 29.6 Å². The molecule has 0 spiro atoms. The van der Waals surface area contributed by atoms with Gasteiger partial charge >= 0.3 is 6.03 Å². The van der Waals surface area contributed by atoms with Crippen molar-refractivity contribution in [3.05, 3.63) is 0 Å². The van der Waals surface area contributed by atoms with Gasteiger partial charge in [0.2, 0.25) is 0 Å². The summed E-state index contributed by atoms with van der Waals surface area (Å²) in [5, 5.41) is 3.68. The van der Waals surface area contributed by atoms with Gasteiger partial charge in [-0.05, 0) is 26.2 Å². The molecule has 2 unspecified atom stereocenters. The van der Waals surface area contributed by atoms with Crippen LogP contribution < -0.4 is 5.32 Å². The second-order valence-corrected chi connectivity index (χ2v) is 6.07. The Morgan fingerprint density at radius 3 is 2.73 bits per heavy atom. The molecule has 1 saturated carbocycles. The third-order valence-electron chi connectivity index (χ3n) is 3.58. The third-order valence-corrected chi connectivity index (χ3v) is 4.92. The van der Waals surface area contributed by atoms with Gasteiger partial charge in [0.05, 0.1) is 0 Å². The molecule has 0 aromatic rings. The Hall–Kier alpha value is -0.380. The number of nitrogens with zero attached hydrogens (tertiary/aromatic N) is 1. The number of carbonyl (C=O) groups excluding carboxylic acids is 1. The van der Waals surface area contributed by atoms with Gasteiger partial charge in [0.25, 0.3) is 0 Å². The van der Waals surface area contributed by atoms with Crippen LogP contribution in [0.1, 0.15) is 33.1 Å². The molecule has 2 aliphatic rings. The molecule has 2 rings (SSSR count). The van der Waals surface area contributed by atoms with E-state index >= 15 is 0 Å². The van der Waals surface area contributed by atoms with E-state index in [1.165, 1.54) is 6.42 Å². The lowest BCUT2D eigenvalue weighted by atomic mass is 9.93. The molecule has 1 heterocycles. The van der Waals surface area contributed by atoms with Crippen LogP contribution in [0.5, 0.6) is 0 Å². The maximum Gasteiger partial charge on any atom is 0.317 e. The van der Waals surface area contributed by atoms with Crippen LogP contribution in [-0.4, -0.2) is 40.6 Å². The fraction of sp³-hybridized carbons (Fsp3) is 0.909. The maximum absolute atomic E-state index is 12.0. The number of rotatable bonds is 1. The van der Waals surface area contributed by atoms with E-state index in [4.69, 9.17) is 0 Å². The van der Waals surface area contributed by atoms with E-state index < -0.39 is 0 Å². The Labute approximate surface area is 96.0 Å². The Morgan fingerprint density at radius 1 is 1.40 bits per heavy atom. The lowest BCUT2D eigenvalue weighted by Crippen LogP contribution is -2.54. The fourth-order valence-corrected chi connectivity index (χ4v) is 3.13. The van der Waals surface area contributed by atoms with Crippen molar-refractivity contribution < 1.29 is 4.79 Å². The molecule has 86 valence electrons. The van der Waals surface area contributed by atoms with Gasteiger partial charge in [-0.2, -0.15) is 11.8 Å². The number of hydrogen-bond donors (Lipinski definition) is 1. The molecule has 15 heavy (non-hydrogen) atoms. The Kier molecular flexibility index (Phi) is 3.44. The molecule has 0 radical (unpaired) electrons. The molecule has 0 bridgehead atoms. The maximum atomic E-state index is 12.0. The van der Waals surface area contributed by atoms with Gasteiger partial charge in [-0.1, -0.05) is 6.92 Å². The summed E-state index contributed by atoms with van der Waals surface area (Å²) in [6.07, 6.45) is 3.60. The molecule has 2 amide bonds. The zero-order chi connectivity index (χ0) is 10.8. The van der Waals surface area contributed by atoms with Crippen molar-refractivity contribution in [2.75, 3.05) is 12.3 Å². The molecule has 2 fully saturated rings. The number of hydrogen-bond acceptors (Lipinski definition) is 2. The first-order valence-corrected chi connectivity index (χ1v) is 6.92. The summed E-state index contributed by atoms with van der Waals surface area (Å²) in [4.78, 5) is 14.0. The number of urea groups is 1. The van der Waals surface area contributed by atoms with E-state index in [1.54, 1.807) is 0 Å². The van der Waals surface area contributed by atoms with E-state index in [-0.39, 0.29) is 6.03 Å². The monoisotopic (exact) mass is 228 g/mol. The van der Waals surface area contributed by atoms with Gasteiger partial charge in [-0.3, -0.25) is 0 Å². The Bertz CT molecular complexity index is 243. The molecular weight excluding hydrogens is 208 g/mol. The van der Waals surface area contributed by atoms with Crippen molar-refractivity contribution >= 4 is 17.8 Å². The average Bonchev–Trinajstić information content (AvgIpc) is 2.15. The predicted octanol–water partition coefficient (Wildman–Crippen LogP) is 2.07. The highest BCUT2D eigenvalue weighted by atomic mass is 32.2. The minimum absolute atomic E-state index is 0.152. The van der Waals surface area contributed by atoms with Crippen molar-refractivity contribution in [2.24, 2.45) is 0 Å². The van der Waals surface area contributed by atoms with Crippen LogP contribution in [0, 0.1) is 0 Å². The highest BCUT2D eigenvalue weighted by molar-refractivity contribution is 8.00. The molecule has 3 nitrogen and oxygen atoms in total. The van der Waals surface area contributed by atoms with Gasteiger partial charge in [-0.15, -0.1) is 0 Å². The predicted molar refractivity (Wildman–Crippen MR) is 64.3 cm³/mol. The van der Waals surface area contributed by atoms with Crippen LogP contribution in [0.4, 0.5) is 4.79 Å². The first-order chi connectivity index (χ1) is 7.18. The molecule has 1 aliphatic heterocycles. The molecule has 2 atom stereocenters. The summed E-state index contributed by atoms with van der Waals surface area (Å²) in [5.41, 5.74) is 0.